The largest absolute Gasteiger partial charge is 0.358 e. The lowest BCUT2D eigenvalue weighted by Crippen LogP contribution is -2.24. The van der Waals surface area contributed by atoms with E-state index in [9.17, 15) is 9.59 Å². The zero-order valence-electron chi connectivity index (χ0n) is 15.5. The van der Waals surface area contributed by atoms with Crippen molar-refractivity contribution in [3.8, 4) is 0 Å². The third kappa shape index (κ3) is 3.27. The molecule has 7 nitrogen and oxygen atoms in total. The Balaban J connectivity index is 1.90. The summed E-state index contributed by atoms with van der Waals surface area (Å²) in [5, 5.41) is 12.3. The molecule has 0 bridgehead atoms. The second-order valence-corrected chi connectivity index (χ2v) is 7.42. The van der Waals surface area contributed by atoms with Gasteiger partial charge in [0, 0.05) is 7.05 Å². The molecule has 28 heavy (non-hydrogen) atoms. The summed E-state index contributed by atoms with van der Waals surface area (Å²) in [6.07, 6.45) is 0. The number of thioether (sulfide) groups is 1. The highest BCUT2D eigenvalue weighted by atomic mass is 32.2. The van der Waals surface area contributed by atoms with Gasteiger partial charge in [0.2, 0.25) is 11.7 Å². The molecule has 0 spiro atoms. The van der Waals surface area contributed by atoms with Crippen LogP contribution >= 0.6 is 11.8 Å². The predicted octanol–water partition coefficient (Wildman–Crippen LogP) is 2.24. The molecule has 142 valence electrons. The van der Waals surface area contributed by atoms with Gasteiger partial charge in [-0.1, -0.05) is 53.7 Å². The Kier molecular flexibility index (Phi) is 4.87. The van der Waals surface area contributed by atoms with Crippen molar-refractivity contribution < 1.29 is 4.79 Å². The fraction of sp³-hybridized carbons (Fsp3) is 0.200. The lowest BCUT2D eigenvalue weighted by Gasteiger charge is -2.11. The van der Waals surface area contributed by atoms with Gasteiger partial charge < -0.3 is 5.32 Å². The minimum absolute atomic E-state index is 0.0981. The van der Waals surface area contributed by atoms with E-state index >= 15 is 0 Å². The first-order chi connectivity index (χ1) is 13.6. The molecule has 2 aromatic heterocycles. The maximum atomic E-state index is 13.1. The Morgan fingerprint density at radius 2 is 1.86 bits per heavy atom. The summed E-state index contributed by atoms with van der Waals surface area (Å²) in [6, 6.07) is 15.4. The number of aryl methyl sites for hydroxylation is 1. The molecular weight excluding hydrogens is 374 g/mol. The highest BCUT2D eigenvalue weighted by Crippen LogP contribution is 2.22. The maximum absolute atomic E-state index is 13.1. The number of fused-ring (bicyclic) bond motifs is 3. The van der Waals surface area contributed by atoms with Crippen LogP contribution in [0.3, 0.4) is 0 Å². The molecule has 0 aliphatic heterocycles. The van der Waals surface area contributed by atoms with E-state index in [1.54, 1.807) is 17.7 Å². The van der Waals surface area contributed by atoms with Crippen LogP contribution in [0.4, 0.5) is 0 Å². The van der Waals surface area contributed by atoms with Crippen LogP contribution in [0.5, 0.6) is 0 Å². The highest BCUT2D eigenvalue weighted by Gasteiger charge is 2.17. The van der Waals surface area contributed by atoms with Gasteiger partial charge in [0.15, 0.2) is 5.16 Å². The number of nitrogens with zero attached hydrogens (tertiary/aromatic N) is 4. The third-order valence-corrected chi connectivity index (χ3v) is 5.48. The molecular formula is C20H19N5O2S. The van der Waals surface area contributed by atoms with Gasteiger partial charge in [0.05, 0.1) is 23.2 Å². The quantitative estimate of drug-likeness (QED) is 0.526. The second kappa shape index (κ2) is 7.47. The van der Waals surface area contributed by atoms with Crippen molar-refractivity contribution in [2.45, 2.75) is 18.6 Å². The highest BCUT2D eigenvalue weighted by molar-refractivity contribution is 7.99. The van der Waals surface area contributed by atoms with E-state index in [0.29, 0.717) is 22.9 Å². The van der Waals surface area contributed by atoms with E-state index in [1.807, 2.05) is 53.8 Å². The Hall–Kier alpha value is -3.13. The summed E-state index contributed by atoms with van der Waals surface area (Å²) in [5.41, 5.74) is 2.79. The van der Waals surface area contributed by atoms with E-state index in [4.69, 9.17) is 0 Å². The van der Waals surface area contributed by atoms with Gasteiger partial charge in [-0.25, -0.2) is 0 Å². The van der Waals surface area contributed by atoms with E-state index in [-0.39, 0.29) is 17.2 Å². The van der Waals surface area contributed by atoms with Crippen LogP contribution in [0, 0.1) is 6.92 Å². The van der Waals surface area contributed by atoms with Crippen LogP contribution in [-0.4, -0.2) is 37.9 Å². The van der Waals surface area contributed by atoms with E-state index < -0.39 is 0 Å². The van der Waals surface area contributed by atoms with Crippen LogP contribution in [0.25, 0.3) is 16.7 Å². The van der Waals surface area contributed by atoms with Crippen molar-refractivity contribution in [1.29, 1.82) is 0 Å². The smallest absolute Gasteiger partial charge is 0.263 e. The number of hydrogen-bond donors (Lipinski definition) is 1. The van der Waals surface area contributed by atoms with Crippen LogP contribution in [0.1, 0.15) is 11.1 Å². The average Bonchev–Trinajstić information content (AvgIpc) is 3.14. The molecule has 4 rings (SSSR count). The SMILES string of the molecule is CNC(=O)CSc1nnc2n(Cc3ccc(C)cc3)c(=O)c3ccccc3n12. The van der Waals surface area contributed by atoms with Crippen molar-refractivity contribution in [3.05, 3.63) is 70.0 Å². The summed E-state index contributed by atoms with van der Waals surface area (Å²) >= 11 is 1.29. The van der Waals surface area contributed by atoms with Crippen molar-refractivity contribution >= 4 is 34.3 Å². The monoisotopic (exact) mass is 393 g/mol. The molecule has 0 saturated heterocycles. The molecule has 0 radical (unpaired) electrons. The summed E-state index contributed by atoms with van der Waals surface area (Å²) in [7, 11) is 1.60. The van der Waals surface area contributed by atoms with Gasteiger partial charge in [0.1, 0.15) is 0 Å². The number of aromatic nitrogens is 4. The Bertz CT molecular complexity index is 1230. The van der Waals surface area contributed by atoms with Gasteiger partial charge in [-0.05, 0) is 24.6 Å². The zero-order valence-corrected chi connectivity index (χ0v) is 16.4. The summed E-state index contributed by atoms with van der Waals surface area (Å²) in [6.45, 7) is 2.42. The zero-order chi connectivity index (χ0) is 19.7. The number of benzene rings is 2. The van der Waals surface area contributed by atoms with Crippen LogP contribution in [-0.2, 0) is 11.3 Å². The normalized spacial score (nSPS) is 11.2. The fourth-order valence-electron chi connectivity index (χ4n) is 3.05. The fourth-order valence-corrected chi connectivity index (χ4v) is 3.86. The number of hydrogen-bond acceptors (Lipinski definition) is 5. The molecule has 0 atom stereocenters. The van der Waals surface area contributed by atoms with Crippen molar-refractivity contribution in [1.82, 2.24) is 24.5 Å². The molecule has 0 unspecified atom stereocenters. The molecule has 0 aliphatic rings. The van der Waals surface area contributed by atoms with Crippen molar-refractivity contribution in [2.75, 3.05) is 12.8 Å². The minimum Gasteiger partial charge on any atom is -0.358 e. The molecule has 4 aromatic rings. The van der Waals surface area contributed by atoms with Gasteiger partial charge in [-0.3, -0.25) is 18.6 Å². The lowest BCUT2D eigenvalue weighted by molar-refractivity contribution is -0.118. The molecule has 8 heteroatoms. The topological polar surface area (TPSA) is 81.3 Å². The summed E-state index contributed by atoms with van der Waals surface area (Å²) in [4.78, 5) is 24.8. The number of para-hydroxylation sites is 1. The standard InChI is InChI=1S/C20H19N5O2S/c1-13-7-9-14(10-8-13)11-24-18(27)15-5-3-4-6-16(15)25-19(24)22-23-20(25)28-12-17(26)21-2/h3-10H,11-12H2,1-2H3,(H,21,26). The second-order valence-electron chi connectivity index (χ2n) is 6.47. The third-order valence-electron chi connectivity index (χ3n) is 4.55. The Labute approximate surface area is 165 Å². The first-order valence-corrected chi connectivity index (χ1v) is 9.82. The molecule has 2 heterocycles. The molecule has 0 saturated carbocycles. The van der Waals surface area contributed by atoms with Crippen LogP contribution < -0.4 is 10.9 Å². The number of carbonyl (C=O) groups excluding carboxylic acids is 1. The molecule has 2 aromatic carbocycles. The number of amides is 1. The average molecular weight is 393 g/mol. The van der Waals surface area contributed by atoms with Gasteiger partial charge in [-0.15, -0.1) is 10.2 Å². The van der Waals surface area contributed by atoms with Gasteiger partial charge >= 0.3 is 0 Å². The van der Waals surface area contributed by atoms with Crippen molar-refractivity contribution in [3.63, 3.8) is 0 Å². The molecule has 1 amide bonds. The lowest BCUT2D eigenvalue weighted by atomic mass is 10.1. The molecule has 1 N–H and O–H groups in total. The van der Waals surface area contributed by atoms with Crippen molar-refractivity contribution in [2.24, 2.45) is 0 Å². The van der Waals surface area contributed by atoms with Gasteiger partial charge in [-0.2, -0.15) is 0 Å². The molecule has 0 fully saturated rings. The predicted molar refractivity (Wildman–Crippen MR) is 110 cm³/mol. The first-order valence-electron chi connectivity index (χ1n) is 8.84. The summed E-state index contributed by atoms with van der Waals surface area (Å²) in [5.74, 6) is 0.589. The number of nitrogens with one attached hydrogen (secondary N) is 1. The summed E-state index contributed by atoms with van der Waals surface area (Å²) < 4.78 is 3.47. The van der Waals surface area contributed by atoms with Gasteiger partial charge in [0.25, 0.3) is 5.56 Å². The molecule has 0 aliphatic carbocycles. The first kappa shape index (κ1) is 18.2. The van der Waals surface area contributed by atoms with Crippen LogP contribution in [0.15, 0.2) is 58.5 Å². The van der Waals surface area contributed by atoms with Crippen LogP contribution in [0.2, 0.25) is 0 Å². The number of carbonyl (C=O) groups is 1. The van der Waals surface area contributed by atoms with E-state index in [0.717, 1.165) is 16.6 Å². The maximum Gasteiger partial charge on any atom is 0.263 e. The minimum atomic E-state index is -0.112. The number of rotatable bonds is 5. The van der Waals surface area contributed by atoms with E-state index in [2.05, 4.69) is 15.5 Å². The Morgan fingerprint density at radius 3 is 2.61 bits per heavy atom. The van der Waals surface area contributed by atoms with E-state index in [1.165, 1.54) is 11.8 Å². The Morgan fingerprint density at radius 1 is 1.11 bits per heavy atom.